The van der Waals surface area contributed by atoms with Gasteiger partial charge in [-0.1, -0.05) is 6.92 Å². The van der Waals surface area contributed by atoms with Gasteiger partial charge >= 0.3 is 0 Å². The van der Waals surface area contributed by atoms with Crippen LogP contribution in [0, 0.1) is 5.92 Å². The zero-order chi connectivity index (χ0) is 4.57. The second-order valence-corrected chi connectivity index (χ2v) is 1.78. The van der Waals surface area contributed by atoms with E-state index in [9.17, 15) is 0 Å². The lowest BCUT2D eigenvalue weighted by Crippen LogP contribution is -2.44. The van der Waals surface area contributed by atoms with Gasteiger partial charge in [-0.25, -0.2) is 0 Å². The molecule has 0 aromatic rings. The van der Waals surface area contributed by atoms with E-state index >= 15 is 0 Å². The van der Waals surface area contributed by atoms with Crippen molar-refractivity contribution in [2.24, 2.45) is 11.7 Å². The van der Waals surface area contributed by atoms with E-state index in [1.54, 1.807) is 0 Å². The lowest BCUT2D eigenvalue weighted by molar-refractivity contribution is -0.101. The van der Waals surface area contributed by atoms with E-state index in [2.05, 4.69) is 6.92 Å². The van der Waals surface area contributed by atoms with Crippen LogP contribution in [0.2, 0.25) is 0 Å². The Labute approximate surface area is 37.3 Å². The Kier molecular flexibility index (Phi) is 0.821. The maximum atomic E-state index is 5.30. The summed E-state index contributed by atoms with van der Waals surface area (Å²) in [5.41, 5.74) is 5.30. The van der Waals surface area contributed by atoms with Crippen LogP contribution in [0.1, 0.15) is 6.92 Å². The van der Waals surface area contributed by atoms with Crippen LogP contribution in [0.15, 0.2) is 0 Å². The number of nitrogens with two attached hydrogens (primary N) is 1. The lowest BCUT2D eigenvalue weighted by atomic mass is 10.1. The maximum Gasteiger partial charge on any atom is 0.110 e. The molecule has 0 saturated carbocycles. The second-order valence-electron chi connectivity index (χ2n) is 1.78. The molecule has 0 amide bonds. The van der Waals surface area contributed by atoms with Crippen molar-refractivity contribution in [1.29, 1.82) is 0 Å². The normalized spacial score (nSPS) is 45.0. The first kappa shape index (κ1) is 4.09. The van der Waals surface area contributed by atoms with Gasteiger partial charge in [-0.05, 0) is 0 Å². The monoisotopic (exact) mass is 87.1 g/mol. The van der Waals surface area contributed by atoms with Gasteiger partial charge in [-0.2, -0.15) is 0 Å². The van der Waals surface area contributed by atoms with Crippen molar-refractivity contribution < 1.29 is 4.74 Å². The molecule has 0 bridgehead atoms. The fraction of sp³-hybridized carbons (Fsp3) is 1.00. The highest BCUT2D eigenvalue weighted by Gasteiger charge is 2.22. The zero-order valence-corrected chi connectivity index (χ0v) is 3.85. The van der Waals surface area contributed by atoms with Gasteiger partial charge in [-0.3, -0.25) is 0 Å². The molecular formula is C4H9NO. The van der Waals surface area contributed by atoms with Crippen LogP contribution in [0.3, 0.4) is 0 Å². The predicted molar refractivity (Wildman–Crippen MR) is 23.1 cm³/mol. The molecule has 1 fully saturated rings. The first-order chi connectivity index (χ1) is 2.80. The van der Waals surface area contributed by atoms with Crippen molar-refractivity contribution in [2.75, 3.05) is 6.61 Å². The Hall–Kier alpha value is -0.0800. The molecule has 1 rings (SSSR count). The fourth-order valence-corrected chi connectivity index (χ4v) is 0.400. The molecule has 1 saturated heterocycles. The van der Waals surface area contributed by atoms with Crippen molar-refractivity contribution in [3.05, 3.63) is 0 Å². The van der Waals surface area contributed by atoms with Crippen LogP contribution in [0.25, 0.3) is 0 Å². The molecular weight excluding hydrogens is 78.1 g/mol. The van der Waals surface area contributed by atoms with Crippen molar-refractivity contribution >= 4 is 0 Å². The highest BCUT2D eigenvalue weighted by Crippen LogP contribution is 2.12. The van der Waals surface area contributed by atoms with E-state index < -0.39 is 0 Å². The number of hydrogen-bond donors (Lipinski definition) is 1. The van der Waals surface area contributed by atoms with Crippen molar-refractivity contribution in [1.82, 2.24) is 0 Å². The van der Waals surface area contributed by atoms with Crippen LogP contribution >= 0.6 is 0 Å². The van der Waals surface area contributed by atoms with Gasteiger partial charge in [-0.15, -0.1) is 0 Å². The Bertz CT molecular complexity index is 47.5. The smallest absolute Gasteiger partial charge is 0.110 e. The molecule has 1 aliphatic heterocycles. The molecule has 6 heavy (non-hydrogen) atoms. The summed E-state index contributed by atoms with van der Waals surface area (Å²) in [6.45, 7) is 2.93. The molecule has 1 aliphatic rings. The van der Waals surface area contributed by atoms with Crippen molar-refractivity contribution in [3.63, 3.8) is 0 Å². The first-order valence-corrected chi connectivity index (χ1v) is 2.18. The van der Waals surface area contributed by atoms with Gasteiger partial charge in [0.2, 0.25) is 0 Å². The Morgan fingerprint density at radius 1 is 1.83 bits per heavy atom. The number of ether oxygens (including phenoxy) is 1. The van der Waals surface area contributed by atoms with E-state index in [-0.39, 0.29) is 6.23 Å². The average Bonchev–Trinajstić information content (AvgIpc) is 1.61. The van der Waals surface area contributed by atoms with E-state index in [1.165, 1.54) is 0 Å². The number of hydrogen-bond acceptors (Lipinski definition) is 2. The van der Waals surface area contributed by atoms with Crippen LogP contribution in [-0.4, -0.2) is 12.8 Å². The molecule has 2 nitrogen and oxygen atoms in total. The van der Waals surface area contributed by atoms with Crippen LogP contribution in [0.5, 0.6) is 0 Å². The zero-order valence-electron chi connectivity index (χ0n) is 3.85. The minimum Gasteiger partial charge on any atom is -0.363 e. The molecule has 0 spiro atoms. The molecule has 2 heteroatoms. The lowest BCUT2D eigenvalue weighted by Gasteiger charge is -2.30. The van der Waals surface area contributed by atoms with Gasteiger partial charge < -0.3 is 10.5 Å². The highest BCUT2D eigenvalue weighted by molar-refractivity contribution is 4.67. The minimum absolute atomic E-state index is 0.0324. The van der Waals surface area contributed by atoms with Crippen LogP contribution in [-0.2, 0) is 4.74 Å². The molecule has 2 unspecified atom stereocenters. The van der Waals surface area contributed by atoms with E-state index in [1.807, 2.05) is 0 Å². The summed E-state index contributed by atoms with van der Waals surface area (Å²) in [5, 5.41) is 0. The van der Waals surface area contributed by atoms with Crippen molar-refractivity contribution in [2.45, 2.75) is 13.2 Å². The standard InChI is InChI=1S/C4H9NO/c1-3-2-6-4(3)5/h3-4H,2,5H2,1H3. The average molecular weight is 87.1 g/mol. The SMILES string of the molecule is CC1COC1N. The largest absolute Gasteiger partial charge is 0.363 e. The predicted octanol–water partition coefficient (Wildman–Crippen LogP) is -0.0625. The van der Waals surface area contributed by atoms with E-state index in [0.717, 1.165) is 6.61 Å². The van der Waals surface area contributed by atoms with E-state index in [0.29, 0.717) is 5.92 Å². The Balaban J connectivity index is 2.20. The highest BCUT2D eigenvalue weighted by atomic mass is 16.5. The van der Waals surface area contributed by atoms with Gasteiger partial charge in [0.25, 0.3) is 0 Å². The molecule has 36 valence electrons. The van der Waals surface area contributed by atoms with Gasteiger partial charge in [0.15, 0.2) is 0 Å². The summed E-state index contributed by atoms with van der Waals surface area (Å²) in [7, 11) is 0. The van der Waals surface area contributed by atoms with Gasteiger partial charge in [0.05, 0.1) is 6.61 Å². The fourth-order valence-electron chi connectivity index (χ4n) is 0.400. The van der Waals surface area contributed by atoms with Gasteiger partial charge in [0.1, 0.15) is 6.23 Å². The molecule has 0 aromatic carbocycles. The minimum atomic E-state index is 0.0324. The third-order valence-corrected chi connectivity index (χ3v) is 1.11. The summed E-state index contributed by atoms with van der Waals surface area (Å²) in [6, 6.07) is 0. The first-order valence-electron chi connectivity index (χ1n) is 2.18. The molecule has 2 atom stereocenters. The molecule has 1 heterocycles. The second kappa shape index (κ2) is 1.21. The van der Waals surface area contributed by atoms with Crippen LogP contribution in [0.4, 0.5) is 0 Å². The van der Waals surface area contributed by atoms with E-state index in [4.69, 9.17) is 10.5 Å². The Morgan fingerprint density at radius 2 is 2.33 bits per heavy atom. The molecule has 0 aliphatic carbocycles. The van der Waals surface area contributed by atoms with Gasteiger partial charge in [0, 0.05) is 5.92 Å². The maximum absolute atomic E-state index is 5.30. The number of rotatable bonds is 0. The molecule has 0 radical (unpaired) electrons. The Morgan fingerprint density at radius 3 is 2.33 bits per heavy atom. The third-order valence-electron chi connectivity index (χ3n) is 1.11. The van der Waals surface area contributed by atoms with Crippen molar-refractivity contribution in [3.8, 4) is 0 Å². The topological polar surface area (TPSA) is 35.2 Å². The quantitative estimate of drug-likeness (QED) is 0.449. The summed E-state index contributed by atoms with van der Waals surface area (Å²) < 4.78 is 4.82. The molecule has 2 N–H and O–H groups in total. The molecule has 0 aromatic heterocycles. The summed E-state index contributed by atoms with van der Waals surface area (Å²) in [4.78, 5) is 0. The van der Waals surface area contributed by atoms with Crippen LogP contribution < -0.4 is 5.73 Å². The summed E-state index contributed by atoms with van der Waals surface area (Å²) in [5.74, 6) is 0.588. The third kappa shape index (κ3) is 0.420. The summed E-state index contributed by atoms with van der Waals surface area (Å²) >= 11 is 0. The summed E-state index contributed by atoms with van der Waals surface area (Å²) in [6.07, 6.45) is 0.0324.